The third kappa shape index (κ3) is 2.32. The van der Waals surface area contributed by atoms with E-state index in [1.807, 2.05) is 0 Å². The predicted octanol–water partition coefficient (Wildman–Crippen LogP) is 0.499. The van der Waals surface area contributed by atoms with Gasteiger partial charge in [0.05, 0.1) is 26.2 Å². The molecule has 1 aliphatic rings. The summed E-state index contributed by atoms with van der Waals surface area (Å²) in [4.78, 5) is 1.68. The highest BCUT2D eigenvalue weighted by Crippen LogP contribution is 2.40. The van der Waals surface area contributed by atoms with Crippen LogP contribution in [0.25, 0.3) is 0 Å². The van der Waals surface area contributed by atoms with Crippen LogP contribution in [0.3, 0.4) is 0 Å². The van der Waals surface area contributed by atoms with Crippen molar-refractivity contribution in [2.45, 2.75) is 38.1 Å². The zero-order valence-electron chi connectivity index (χ0n) is 12.1. The van der Waals surface area contributed by atoms with Crippen molar-refractivity contribution in [3.05, 3.63) is 35.9 Å². The smallest absolute Gasteiger partial charge is 0.0852 e. The monoisotopic (exact) mass is 248 g/mol. The van der Waals surface area contributed by atoms with Gasteiger partial charge in [0, 0.05) is 24.2 Å². The molecule has 2 heteroatoms. The van der Waals surface area contributed by atoms with Gasteiger partial charge < -0.3 is 10.6 Å². The molecular formula is C16H28N2+2. The lowest BCUT2D eigenvalue weighted by Gasteiger charge is -2.47. The minimum atomic E-state index is 0.349. The Morgan fingerprint density at radius 1 is 1.28 bits per heavy atom. The minimum Gasteiger partial charge on any atom is -0.358 e. The molecule has 1 aliphatic heterocycles. The zero-order valence-corrected chi connectivity index (χ0v) is 12.1. The van der Waals surface area contributed by atoms with Gasteiger partial charge in [0.1, 0.15) is 0 Å². The molecule has 0 bridgehead atoms. The molecule has 0 radical (unpaired) electrons. The number of quaternary nitrogens is 2. The Hall–Kier alpha value is -0.860. The Balaban J connectivity index is 2.37. The topological polar surface area (TPSA) is 32.1 Å². The first-order valence-electron chi connectivity index (χ1n) is 7.27. The molecule has 4 N–H and O–H groups in total. The standard InChI is InChI=1S/C16H26N2/c1-13-12-18(3)14(2)11-16(13,9-10-17)15-7-5-4-6-8-15/h4-8,13-14H,9-12,17H2,1-3H3/p+2/t13-,14+,16-/m0/s1. The lowest BCUT2D eigenvalue weighted by molar-refractivity contribution is -0.915. The van der Waals surface area contributed by atoms with Gasteiger partial charge in [-0.25, -0.2) is 0 Å². The molecule has 0 saturated carbocycles. The second-order valence-corrected chi connectivity index (χ2v) is 6.18. The van der Waals surface area contributed by atoms with E-state index in [9.17, 15) is 0 Å². The molecule has 0 amide bonds. The summed E-state index contributed by atoms with van der Waals surface area (Å²) in [6.45, 7) is 7.13. The van der Waals surface area contributed by atoms with Gasteiger partial charge in [0.15, 0.2) is 0 Å². The van der Waals surface area contributed by atoms with Crippen molar-refractivity contribution in [3.8, 4) is 0 Å². The molecule has 0 aromatic heterocycles. The lowest BCUT2D eigenvalue weighted by atomic mass is 9.63. The zero-order chi connectivity index (χ0) is 13.2. The average molecular weight is 248 g/mol. The van der Waals surface area contributed by atoms with Gasteiger partial charge in [0.2, 0.25) is 0 Å². The summed E-state index contributed by atoms with van der Waals surface area (Å²) in [5.41, 5.74) is 6.00. The Labute approximate surface area is 111 Å². The molecule has 0 spiro atoms. The number of benzene rings is 1. The van der Waals surface area contributed by atoms with Crippen LogP contribution in [-0.2, 0) is 5.41 Å². The summed E-state index contributed by atoms with van der Waals surface area (Å²) in [5, 5.41) is 0. The van der Waals surface area contributed by atoms with Crippen molar-refractivity contribution in [1.29, 1.82) is 0 Å². The number of hydrogen-bond acceptors (Lipinski definition) is 0. The van der Waals surface area contributed by atoms with Crippen LogP contribution in [0.4, 0.5) is 0 Å². The van der Waals surface area contributed by atoms with Gasteiger partial charge in [-0.05, 0) is 12.5 Å². The largest absolute Gasteiger partial charge is 0.358 e. The van der Waals surface area contributed by atoms with Gasteiger partial charge in [0.25, 0.3) is 0 Å². The molecule has 1 unspecified atom stereocenters. The third-order valence-corrected chi connectivity index (χ3v) is 5.05. The molecule has 4 atom stereocenters. The van der Waals surface area contributed by atoms with Crippen molar-refractivity contribution >= 4 is 0 Å². The van der Waals surface area contributed by atoms with Crippen LogP contribution in [0.15, 0.2) is 30.3 Å². The second-order valence-electron chi connectivity index (χ2n) is 6.18. The maximum Gasteiger partial charge on any atom is 0.0852 e. The molecule has 2 rings (SSSR count). The highest BCUT2D eigenvalue weighted by Gasteiger charge is 2.45. The highest BCUT2D eigenvalue weighted by molar-refractivity contribution is 5.27. The minimum absolute atomic E-state index is 0.349. The highest BCUT2D eigenvalue weighted by atomic mass is 15.1. The molecule has 2 nitrogen and oxygen atoms in total. The first-order valence-corrected chi connectivity index (χ1v) is 7.27. The fourth-order valence-electron chi connectivity index (χ4n) is 3.78. The Bertz CT molecular complexity index is 376. The van der Waals surface area contributed by atoms with Crippen molar-refractivity contribution in [3.63, 3.8) is 0 Å². The summed E-state index contributed by atoms with van der Waals surface area (Å²) < 4.78 is 0. The molecule has 18 heavy (non-hydrogen) atoms. The molecule has 1 aromatic carbocycles. The van der Waals surface area contributed by atoms with E-state index in [0.29, 0.717) is 5.41 Å². The van der Waals surface area contributed by atoms with Crippen LogP contribution in [0.5, 0.6) is 0 Å². The van der Waals surface area contributed by atoms with E-state index in [1.165, 1.54) is 24.9 Å². The van der Waals surface area contributed by atoms with Gasteiger partial charge >= 0.3 is 0 Å². The van der Waals surface area contributed by atoms with E-state index in [1.54, 1.807) is 4.90 Å². The van der Waals surface area contributed by atoms with Crippen LogP contribution >= 0.6 is 0 Å². The van der Waals surface area contributed by atoms with Crippen molar-refractivity contribution < 1.29 is 10.6 Å². The second kappa shape index (κ2) is 5.41. The van der Waals surface area contributed by atoms with E-state index in [-0.39, 0.29) is 0 Å². The lowest BCUT2D eigenvalue weighted by Crippen LogP contribution is -3.15. The third-order valence-electron chi connectivity index (χ3n) is 5.05. The fourth-order valence-corrected chi connectivity index (χ4v) is 3.78. The van der Waals surface area contributed by atoms with Crippen LogP contribution < -0.4 is 10.6 Å². The van der Waals surface area contributed by atoms with E-state index >= 15 is 0 Å². The molecule has 1 saturated heterocycles. The maximum atomic E-state index is 4.12. The summed E-state index contributed by atoms with van der Waals surface area (Å²) in [7, 11) is 2.33. The van der Waals surface area contributed by atoms with Crippen molar-refractivity contribution in [2.24, 2.45) is 5.92 Å². The summed E-state index contributed by atoms with van der Waals surface area (Å²) in [5.74, 6) is 0.734. The normalized spacial score (nSPS) is 36.6. The van der Waals surface area contributed by atoms with Crippen LogP contribution in [0.1, 0.15) is 32.3 Å². The van der Waals surface area contributed by atoms with Gasteiger partial charge in [-0.15, -0.1) is 0 Å². The van der Waals surface area contributed by atoms with E-state index in [2.05, 4.69) is 57.0 Å². The Morgan fingerprint density at radius 2 is 1.94 bits per heavy atom. The van der Waals surface area contributed by atoms with Crippen LogP contribution in [0.2, 0.25) is 0 Å². The van der Waals surface area contributed by atoms with Gasteiger partial charge in [-0.3, -0.25) is 0 Å². The predicted molar refractivity (Wildman–Crippen MR) is 75.5 cm³/mol. The first-order chi connectivity index (χ1) is 8.60. The number of piperidine rings is 1. The Kier molecular flexibility index (Phi) is 4.08. The molecule has 100 valence electrons. The SMILES string of the molecule is C[C@@H]1C[C@](CC[NH3+])(c2ccccc2)[C@@H](C)C[NH+]1C. The number of nitrogens with one attached hydrogen (secondary N) is 1. The molecule has 1 heterocycles. The van der Waals surface area contributed by atoms with Gasteiger partial charge in [-0.1, -0.05) is 37.3 Å². The van der Waals surface area contributed by atoms with Crippen molar-refractivity contribution in [1.82, 2.24) is 0 Å². The summed E-state index contributed by atoms with van der Waals surface area (Å²) in [6, 6.07) is 11.9. The molecule has 1 fully saturated rings. The van der Waals surface area contributed by atoms with E-state index in [4.69, 9.17) is 0 Å². The summed E-state index contributed by atoms with van der Waals surface area (Å²) >= 11 is 0. The molecule has 0 aliphatic carbocycles. The van der Waals surface area contributed by atoms with Crippen LogP contribution in [-0.4, -0.2) is 26.2 Å². The Morgan fingerprint density at radius 3 is 2.56 bits per heavy atom. The van der Waals surface area contributed by atoms with Crippen LogP contribution in [0, 0.1) is 5.92 Å². The quantitative estimate of drug-likeness (QED) is 0.781. The van der Waals surface area contributed by atoms with E-state index in [0.717, 1.165) is 18.5 Å². The number of likely N-dealkylation sites (tertiary alicyclic amines) is 1. The maximum absolute atomic E-state index is 4.12. The average Bonchev–Trinajstić information content (AvgIpc) is 2.37. The van der Waals surface area contributed by atoms with Crippen molar-refractivity contribution in [2.75, 3.05) is 20.1 Å². The number of rotatable bonds is 3. The van der Waals surface area contributed by atoms with E-state index < -0.39 is 0 Å². The first kappa shape index (κ1) is 13.6. The van der Waals surface area contributed by atoms with Gasteiger partial charge in [-0.2, -0.15) is 0 Å². The molecular weight excluding hydrogens is 220 g/mol. The number of hydrogen-bond donors (Lipinski definition) is 2. The summed E-state index contributed by atoms with van der Waals surface area (Å²) in [6.07, 6.45) is 2.51. The fraction of sp³-hybridized carbons (Fsp3) is 0.625. The molecule has 1 aromatic rings.